The summed E-state index contributed by atoms with van der Waals surface area (Å²) >= 11 is 0. The molecule has 1 aromatic rings. The second-order valence-corrected chi connectivity index (χ2v) is 9.22. The molecule has 1 heteroatoms. The zero-order valence-electron chi connectivity index (χ0n) is 15.4. The van der Waals surface area contributed by atoms with E-state index in [0.717, 1.165) is 19.3 Å². The molecule has 2 rings (SSSR count). The molecule has 1 fully saturated rings. The number of rotatable bonds is 3. The number of aryl methyl sites for hydroxylation is 1. The molecule has 1 N–H and O–H groups in total. The largest absolute Gasteiger partial charge is 0.393 e. The molecule has 124 valence electrons. The number of aliphatic hydroxyl groups is 1. The average molecular weight is 303 g/mol. The van der Waals surface area contributed by atoms with Crippen LogP contribution < -0.4 is 0 Å². The molecule has 2 atom stereocenters. The minimum atomic E-state index is -0.0621. The molecule has 0 saturated heterocycles. The Morgan fingerprint density at radius 3 is 1.86 bits per heavy atom. The van der Waals surface area contributed by atoms with Crippen LogP contribution in [0.3, 0.4) is 0 Å². The molecule has 1 aromatic carbocycles. The van der Waals surface area contributed by atoms with Gasteiger partial charge in [-0.05, 0) is 59.1 Å². The molecule has 0 spiro atoms. The molecule has 2 unspecified atom stereocenters. The lowest BCUT2D eigenvalue weighted by atomic mass is 9.79. The minimum Gasteiger partial charge on any atom is -0.393 e. The average Bonchev–Trinajstić information content (AvgIpc) is 2.79. The van der Waals surface area contributed by atoms with Crippen molar-refractivity contribution in [3.8, 4) is 0 Å². The van der Waals surface area contributed by atoms with Crippen molar-refractivity contribution >= 4 is 0 Å². The highest BCUT2D eigenvalue weighted by atomic mass is 16.3. The third-order valence-corrected chi connectivity index (χ3v) is 5.15. The van der Waals surface area contributed by atoms with Gasteiger partial charge in [-0.15, -0.1) is 0 Å². The van der Waals surface area contributed by atoms with E-state index >= 15 is 0 Å². The van der Waals surface area contributed by atoms with Crippen molar-refractivity contribution in [1.82, 2.24) is 0 Å². The molecule has 1 saturated carbocycles. The van der Waals surface area contributed by atoms with E-state index in [4.69, 9.17) is 0 Å². The van der Waals surface area contributed by atoms with Crippen LogP contribution in [-0.2, 0) is 17.3 Å². The summed E-state index contributed by atoms with van der Waals surface area (Å²) in [6, 6.07) is 7.15. The maximum atomic E-state index is 10.0. The summed E-state index contributed by atoms with van der Waals surface area (Å²) in [7, 11) is 0. The van der Waals surface area contributed by atoms with Gasteiger partial charge in [-0.2, -0.15) is 0 Å². The van der Waals surface area contributed by atoms with Crippen LogP contribution in [-0.4, -0.2) is 11.2 Å². The molecule has 0 bridgehead atoms. The molecule has 0 radical (unpaired) electrons. The Bertz CT molecular complexity index is 469. The first-order valence-electron chi connectivity index (χ1n) is 8.90. The highest BCUT2D eigenvalue weighted by Crippen LogP contribution is 2.33. The topological polar surface area (TPSA) is 20.2 Å². The Morgan fingerprint density at radius 1 is 0.909 bits per heavy atom. The van der Waals surface area contributed by atoms with Gasteiger partial charge in [-0.3, -0.25) is 0 Å². The van der Waals surface area contributed by atoms with Crippen LogP contribution in [0.2, 0.25) is 0 Å². The number of hydrogen-bond donors (Lipinski definition) is 1. The molecule has 1 nitrogen and oxygen atoms in total. The quantitative estimate of drug-likeness (QED) is 0.795. The first-order chi connectivity index (χ1) is 10.1. The van der Waals surface area contributed by atoms with Gasteiger partial charge in [0.2, 0.25) is 0 Å². The zero-order valence-corrected chi connectivity index (χ0v) is 15.4. The molecule has 1 aliphatic carbocycles. The van der Waals surface area contributed by atoms with Crippen LogP contribution in [0, 0.1) is 5.92 Å². The van der Waals surface area contributed by atoms with Gasteiger partial charge in [0.05, 0.1) is 6.10 Å². The molecule has 0 aliphatic heterocycles. The summed E-state index contributed by atoms with van der Waals surface area (Å²) in [6.07, 6.45) is 5.55. The highest BCUT2D eigenvalue weighted by molar-refractivity contribution is 5.37. The summed E-state index contributed by atoms with van der Waals surface area (Å²) < 4.78 is 0. The van der Waals surface area contributed by atoms with E-state index < -0.39 is 0 Å². The first kappa shape index (κ1) is 17.5. The van der Waals surface area contributed by atoms with E-state index in [1.165, 1.54) is 29.5 Å². The summed E-state index contributed by atoms with van der Waals surface area (Å²) in [5, 5.41) is 10.0. The second-order valence-electron chi connectivity index (χ2n) is 9.22. The van der Waals surface area contributed by atoms with Gasteiger partial charge in [-0.25, -0.2) is 0 Å². The van der Waals surface area contributed by atoms with Crippen LogP contribution in [0.15, 0.2) is 18.2 Å². The van der Waals surface area contributed by atoms with E-state index in [0.29, 0.717) is 5.92 Å². The Hall–Kier alpha value is -0.820. The maximum Gasteiger partial charge on any atom is 0.0568 e. The van der Waals surface area contributed by atoms with Gasteiger partial charge in [-0.1, -0.05) is 66.2 Å². The van der Waals surface area contributed by atoms with Crippen LogP contribution >= 0.6 is 0 Å². The van der Waals surface area contributed by atoms with Crippen LogP contribution in [0.1, 0.15) is 83.9 Å². The Morgan fingerprint density at radius 2 is 1.45 bits per heavy atom. The molecule has 1 aliphatic rings. The Kier molecular flexibility index (Phi) is 5.06. The predicted octanol–water partition coefficient (Wildman–Crippen LogP) is 5.38. The maximum absolute atomic E-state index is 10.0. The fourth-order valence-electron chi connectivity index (χ4n) is 3.41. The third-order valence-electron chi connectivity index (χ3n) is 5.15. The van der Waals surface area contributed by atoms with Crippen molar-refractivity contribution in [2.75, 3.05) is 0 Å². The lowest BCUT2D eigenvalue weighted by Gasteiger charge is -2.26. The van der Waals surface area contributed by atoms with Gasteiger partial charge in [0.1, 0.15) is 0 Å². The van der Waals surface area contributed by atoms with Crippen molar-refractivity contribution in [3.05, 3.63) is 34.9 Å². The Labute approximate surface area is 137 Å². The van der Waals surface area contributed by atoms with Crippen molar-refractivity contribution in [1.29, 1.82) is 0 Å². The van der Waals surface area contributed by atoms with Gasteiger partial charge >= 0.3 is 0 Å². The van der Waals surface area contributed by atoms with Crippen LogP contribution in [0.25, 0.3) is 0 Å². The normalized spacial score (nSPS) is 23.0. The van der Waals surface area contributed by atoms with E-state index in [1.807, 2.05) is 0 Å². The van der Waals surface area contributed by atoms with Gasteiger partial charge in [0.15, 0.2) is 0 Å². The molecular weight excluding hydrogens is 268 g/mol. The van der Waals surface area contributed by atoms with Crippen molar-refractivity contribution in [2.24, 2.45) is 5.92 Å². The summed E-state index contributed by atoms with van der Waals surface area (Å²) in [6.45, 7) is 13.7. The molecular formula is C21H34O. The van der Waals surface area contributed by atoms with E-state index in [9.17, 15) is 5.11 Å². The number of benzene rings is 1. The first-order valence-corrected chi connectivity index (χ1v) is 8.90. The lowest BCUT2D eigenvalue weighted by molar-refractivity contribution is 0.128. The molecule has 0 heterocycles. The van der Waals surface area contributed by atoms with Gasteiger partial charge < -0.3 is 5.11 Å². The molecule has 22 heavy (non-hydrogen) atoms. The number of hydrogen-bond acceptors (Lipinski definition) is 1. The van der Waals surface area contributed by atoms with Crippen LogP contribution in [0.5, 0.6) is 0 Å². The molecule has 0 amide bonds. The predicted molar refractivity (Wildman–Crippen MR) is 95.5 cm³/mol. The standard InChI is InChI=1S/C21H34O/c1-20(2,3)17-12-15(13-18(14-17)21(4,5)6)10-11-16-8-7-9-19(16)22/h12-14,16,19,22H,7-11H2,1-6H3. The minimum absolute atomic E-state index is 0.0621. The van der Waals surface area contributed by atoms with E-state index in [1.54, 1.807) is 0 Å². The summed E-state index contributed by atoms with van der Waals surface area (Å²) in [5.41, 5.74) is 4.67. The van der Waals surface area contributed by atoms with Crippen molar-refractivity contribution in [3.63, 3.8) is 0 Å². The number of aliphatic hydroxyl groups excluding tert-OH is 1. The summed E-state index contributed by atoms with van der Waals surface area (Å²) in [4.78, 5) is 0. The van der Waals surface area contributed by atoms with Crippen LogP contribution in [0.4, 0.5) is 0 Å². The monoisotopic (exact) mass is 302 g/mol. The second kappa shape index (κ2) is 6.35. The Balaban J connectivity index is 2.22. The van der Waals surface area contributed by atoms with Gasteiger partial charge in [0.25, 0.3) is 0 Å². The zero-order chi connectivity index (χ0) is 16.5. The van der Waals surface area contributed by atoms with E-state index in [2.05, 4.69) is 59.7 Å². The summed E-state index contributed by atoms with van der Waals surface area (Å²) in [5.74, 6) is 0.511. The van der Waals surface area contributed by atoms with Gasteiger partial charge in [0, 0.05) is 0 Å². The fraction of sp³-hybridized carbons (Fsp3) is 0.714. The lowest BCUT2D eigenvalue weighted by Crippen LogP contribution is -2.18. The van der Waals surface area contributed by atoms with Crippen molar-refractivity contribution in [2.45, 2.75) is 90.6 Å². The fourth-order valence-corrected chi connectivity index (χ4v) is 3.41. The SMILES string of the molecule is CC(C)(C)c1cc(CCC2CCCC2O)cc(C(C)(C)C)c1. The van der Waals surface area contributed by atoms with Crippen molar-refractivity contribution < 1.29 is 5.11 Å². The molecule has 0 aromatic heterocycles. The smallest absolute Gasteiger partial charge is 0.0568 e. The third kappa shape index (κ3) is 4.35. The van der Waals surface area contributed by atoms with E-state index in [-0.39, 0.29) is 16.9 Å². The highest BCUT2D eigenvalue weighted by Gasteiger charge is 2.25.